The Morgan fingerprint density at radius 1 is 0.588 bits per heavy atom. The van der Waals surface area contributed by atoms with Gasteiger partial charge in [0.05, 0.1) is 20.2 Å². The number of rotatable bonds is 17. The molecule has 16 heteroatoms. The number of carbonyl (C=O) groups excluding carboxylic acids is 6. The summed E-state index contributed by atoms with van der Waals surface area (Å²) in [4.78, 5) is 86.5. The van der Waals surface area contributed by atoms with Crippen LogP contribution in [-0.2, 0) is 54.3 Å². The number of aryl methyl sites for hydroxylation is 1. The number of imidazole rings is 1. The molecule has 0 aliphatic carbocycles. The lowest BCUT2D eigenvalue weighted by Gasteiger charge is -2.30. The maximum atomic E-state index is 13.8. The topological polar surface area (TPSA) is 176 Å². The van der Waals surface area contributed by atoms with Crippen molar-refractivity contribution < 1.29 is 52.5 Å². The van der Waals surface area contributed by atoms with Crippen LogP contribution in [0.15, 0.2) is 12.4 Å². The molecule has 0 bridgehead atoms. The van der Waals surface area contributed by atoms with Crippen LogP contribution < -0.4 is 4.74 Å². The Kier molecular flexibility index (Phi) is 16.6. The highest BCUT2D eigenvalue weighted by Gasteiger charge is 2.31. The summed E-state index contributed by atoms with van der Waals surface area (Å²) in [6.45, 7) is 17.6. The van der Waals surface area contributed by atoms with E-state index < -0.39 is 97.4 Å². The molecule has 1 rings (SSSR count). The van der Waals surface area contributed by atoms with Crippen molar-refractivity contribution in [2.24, 2.45) is 0 Å². The standard InChI is InChI=1S/C35H59N5O11/c1-32(2,3)48-27(43)21-39(22-28(44)49-33(4,5)6)25(41)19-37(16-14-17-38-18-15-36-31(38)47-13)20-26(42)40(23-29(45)50-34(7,8)9)24-30(46)51-35(10,11)12/h15,18H,14,16-17,19-24H2,1-13H3. The average Bonchev–Trinajstić information content (AvgIpc) is 3.35. The smallest absolute Gasteiger partial charge is 0.326 e. The molecule has 0 spiro atoms. The van der Waals surface area contributed by atoms with Gasteiger partial charge in [0.25, 0.3) is 6.01 Å². The fourth-order valence-corrected chi connectivity index (χ4v) is 4.50. The lowest BCUT2D eigenvalue weighted by Crippen LogP contribution is -2.50. The van der Waals surface area contributed by atoms with Crippen LogP contribution in [0.1, 0.15) is 89.5 Å². The molecule has 1 aromatic heterocycles. The van der Waals surface area contributed by atoms with E-state index in [-0.39, 0.29) is 6.54 Å². The van der Waals surface area contributed by atoms with Crippen molar-refractivity contribution in [3.05, 3.63) is 12.4 Å². The monoisotopic (exact) mass is 725 g/mol. The van der Waals surface area contributed by atoms with Gasteiger partial charge in [-0.05, 0) is 89.5 Å². The van der Waals surface area contributed by atoms with Crippen molar-refractivity contribution in [2.45, 2.75) is 118 Å². The normalized spacial score (nSPS) is 12.2. The first-order valence-electron chi connectivity index (χ1n) is 16.9. The molecule has 290 valence electrons. The number of esters is 4. The fraction of sp³-hybridized carbons (Fsp3) is 0.743. The van der Waals surface area contributed by atoms with Crippen molar-refractivity contribution in [3.63, 3.8) is 0 Å². The molecule has 1 heterocycles. The zero-order valence-corrected chi connectivity index (χ0v) is 32.7. The van der Waals surface area contributed by atoms with Crippen molar-refractivity contribution in [1.82, 2.24) is 24.3 Å². The Morgan fingerprint density at radius 3 is 1.22 bits per heavy atom. The van der Waals surface area contributed by atoms with Gasteiger partial charge in [-0.3, -0.25) is 33.7 Å². The van der Waals surface area contributed by atoms with Crippen LogP contribution in [0.2, 0.25) is 0 Å². The van der Waals surface area contributed by atoms with E-state index >= 15 is 0 Å². The molecule has 0 saturated carbocycles. The number of nitrogens with zero attached hydrogens (tertiary/aromatic N) is 5. The average molecular weight is 726 g/mol. The predicted octanol–water partition coefficient (Wildman–Crippen LogP) is 2.61. The minimum atomic E-state index is -0.851. The van der Waals surface area contributed by atoms with E-state index in [0.717, 1.165) is 9.80 Å². The van der Waals surface area contributed by atoms with Gasteiger partial charge >= 0.3 is 23.9 Å². The third-order valence-electron chi connectivity index (χ3n) is 6.12. The van der Waals surface area contributed by atoms with Gasteiger partial charge in [-0.1, -0.05) is 0 Å². The second-order valence-corrected chi connectivity index (χ2v) is 16.0. The second kappa shape index (κ2) is 18.9. The van der Waals surface area contributed by atoms with Crippen molar-refractivity contribution >= 4 is 35.7 Å². The zero-order chi connectivity index (χ0) is 39.4. The quantitative estimate of drug-likeness (QED) is 0.169. The number of hydrogen-bond donors (Lipinski definition) is 0. The molecule has 1 aromatic rings. The predicted molar refractivity (Wildman–Crippen MR) is 186 cm³/mol. The molecular weight excluding hydrogens is 666 g/mol. The van der Waals surface area contributed by atoms with Gasteiger partial charge in [-0.25, -0.2) is 4.98 Å². The third kappa shape index (κ3) is 20.3. The lowest BCUT2D eigenvalue weighted by molar-refractivity contribution is -0.164. The molecule has 0 unspecified atom stereocenters. The van der Waals surface area contributed by atoms with E-state index in [2.05, 4.69) is 4.98 Å². The first kappa shape index (κ1) is 44.8. The van der Waals surface area contributed by atoms with E-state index in [1.165, 1.54) is 12.0 Å². The summed E-state index contributed by atoms with van der Waals surface area (Å²) >= 11 is 0. The Bertz CT molecular complexity index is 1210. The number of ether oxygens (including phenoxy) is 5. The molecule has 0 aliphatic rings. The van der Waals surface area contributed by atoms with Gasteiger partial charge in [-0.15, -0.1) is 0 Å². The molecule has 16 nitrogen and oxygen atoms in total. The summed E-state index contributed by atoms with van der Waals surface area (Å²) < 4.78 is 28.6. The Morgan fingerprint density at radius 2 is 0.922 bits per heavy atom. The van der Waals surface area contributed by atoms with E-state index in [1.807, 2.05) is 0 Å². The number of methoxy groups -OCH3 is 1. The van der Waals surface area contributed by atoms with Crippen molar-refractivity contribution in [1.29, 1.82) is 0 Å². The summed E-state index contributed by atoms with van der Waals surface area (Å²) in [7, 11) is 1.48. The third-order valence-corrected chi connectivity index (χ3v) is 6.12. The summed E-state index contributed by atoms with van der Waals surface area (Å²) in [5, 5.41) is 0. The molecule has 0 atom stereocenters. The van der Waals surface area contributed by atoms with E-state index in [9.17, 15) is 28.8 Å². The minimum absolute atomic E-state index is 0.165. The van der Waals surface area contributed by atoms with Gasteiger partial charge in [0.15, 0.2) is 0 Å². The second-order valence-electron chi connectivity index (χ2n) is 16.0. The summed E-state index contributed by atoms with van der Waals surface area (Å²) in [5.41, 5.74) is -3.40. The van der Waals surface area contributed by atoms with E-state index in [0.29, 0.717) is 19.0 Å². The first-order chi connectivity index (χ1) is 23.2. The van der Waals surface area contributed by atoms with E-state index in [4.69, 9.17) is 23.7 Å². The van der Waals surface area contributed by atoms with Crippen molar-refractivity contribution in [3.8, 4) is 6.01 Å². The molecule has 0 aliphatic heterocycles. The maximum absolute atomic E-state index is 13.8. The van der Waals surface area contributed by atoms with Crippen molar-refractivity contribution in [2.75, 3.05) is 52.9 Å². The number of hydrogen-bond acceptors (Lipinski definition) is 13. The maximum Gasteiger partial charge on any atom is 0.326 e. The minimum Gasteiger partial charge on any atom is -0.468 e. The van der Waals surface area contributed by atoms with Gasteiger partial charge in [0.1, 0.15) is 48.6 Å². The highest BCUT2D eigenvalue weighted by atomic mass is 16.6. The Balaban J connectivity index is 3.40. The largest absolute Gasteiger partial charge is 0.468 e. The fourth-order valence-electron chi connectivity index (χ4n) is 4.50. The zero-order valence-electron chi connectivity index (χ0n) is 32.7. The summed E-state index contributed by atoms with van der Waals surface area (Å²) in [6.07, 6.45) is 3.69. The van der Waals surface area contributed by atoms with Crippen LogP contribution in [0.25, 0.3) is 0 Å². The molecule has 0 aromatic carbocycles. The van der Waals surface area contributed by atoms with Gasteiger partial charge < -0.3 is 38.1 Å². The molecule has 0 saturated heterocycles. The number of carbonyl (C=O) groups is 6. The SMILES string of the molecule is COc1nccn1CCCN(CC(=O)N(CC(=O)OC(C)(C)C)CC(=O)OC(C)(C)C)CC(=O)N(CC(=O)OC(C)(C)C)CC(=O)OC(C)(C)C. The Labute approximate surface area is 302 Å². The lowest BCUT2D eigenvalue weighted by atomic mass is 10.2. The van der Waals surface area contributed by atoms with Crippen LogP contribution in [0, 0.1) is 0 Å². The molecule has 51 heavy (non-hydrogen) atoms. The number of amides is 2. The van der Waals surface area contributed by atoms with Crippen LogP contribution in [0.5, 0.6) is 6.01 Å². The molecular formula is C35H59N5O11. The summed E-state index contributed by atoms with van der Waals surface area (Å²) in [6, 6.07) is 0.371. The molecule has 0 N–H and O–H groups in total. The van der Waals surface area contributed by atoms with Gasteiger partial charge in [-0.2, -0.15) is 0 Å². The summed E-state index contributed by atoms with van der Waals surface area (Å²) in [5.74, 6) is -4.29. The Hall–Kier alpha value is -4.21. The van der Waals surface area contributed by atoms with Crippen LogP contribution >= 0.6 is 0 Å². The van der Waals surface area contributed by atoms with E-state index in [1.54, 1.807) is 100 Å². The van der Waals surface area contributed by atoms with Crippen LogP contribution in [-0.4, -0.2) is 135 Å². The molecule has 2 amide bonds. The molecule has 0 fully saturated rings. The van der Waals surface area contributed by atoms with Crippen LogP contribution in [0.4, 0.5) is 0 Å². The number of aromatic nitrogens is 2. The molecule has 0 radical (unpaired) electrons. The first-order valence-corrected chi connectivity index (χ1v) is 16.9. The van der Waals surface area contributed by atoms with Gasteiger partial charge in [0, 0.05) is 25.5 Å². The highest BCUT2D eigenvalue weighted by Crippen LogP contribution is 2.13. The van der Waals surface area contributed by atoms with Crippen LogP contribution in [0.3, 0.4) is 0 Å². The highest BCUT2D eigenvalue weighted by molar-refractivity contribution is 5.89. The van der Waals surface area contributed by atoms with Gasteiger partial charge in [0.2, 0.25) is 11.8 Å².